The number of hydrogen-bond donors (Lipinski definition) is 1. The number of aliphatic hydroxyl groups excluding tert-OH is 1. The number of ether oxygens (including phenoxy) is 1. The van der Waals surface area contributed by atoms with E-state index in [-0.39, 0.29) is 17.9 Å². The molecule has 4 heterocycles. The lowest BCUT2D eigenvalue weighted by molar-refractivity contribution is -0.0236. The molecule has 1 N–H and O–H groups in total. The molecule has 5 rings (SSSR count). The molecule has 2 fully saturated rings. The van der Waals surface area contributed by atoms with Gasteiger partial charge in [-0.25, -0.2) is 4.98 Å². The summed E-state index contributed by atoms with van der Waals surface area (Å²) >= 11 is 0. The van der Waals surface area contributed by atoms with Gasteiger partial charge in [0.2, 0.25) is 0 Å². The molecule has 0 spiro atoms. The first-order valence-electron chi connectivity index (χ1n) is 10.9. The van der Waals surface area contributed by atoms with Crippen LogP contribution in [0.15, 0.2) is 36.7 Å². The van der Waals surface area contributed by atoms with Crippen LogP contribution >= 0.6 is 0 Å². The largest absolute Gasteiger partial charge is 0.486 e. The molecule has 2 aliphatic rings. The molecule has 1 aliphatic heterocycles. The number of imidazole rings is 1. The minimum Gasteiger partial charge on any atom is -0.486 e. The first kappa shape index (κ1) is 20.0. The minimum atomic E-state index is -0.546. The molecular weight excluding hydrogens is 392 g/mol. The number of rotatable bonds is 3. The number of amides is 1. The lowest BCUT2D eigenvalue weighted by Gasteiger charge is -2.35. The first-order valence-corrected chi connectivity index (χ1v) is 10.9. The zero-order chi connectivity index (χ0) is 21.7. The quantitative estimate of drug-likeness (QED) is 0.705. The van der Waals surface area contributed by atoms with E-state index in [1.54, 1.807) is 0 Å². The van der Waals surface area contributed by atoms with Gasteiger partial charge in [-0.1, -0.05) is 0 Å². The highest BCUT2D eigenvalue weighted by molar-refractivity contribution is 6.00. The van der Waals surface area contributed by atoms with E-state index in [1.165, 1.54) is 0 Å². The Balaban J connectivity index is 1.31. The summed E-state index contributed by atoms with van der Waals surface area (Å²) in [6.45, 7) is 7.15. The van der Waals surface area contributed by atoms with Crippen LogP contribution in [-0.2, 0) is 0 Å². The fraction of sp³-hybridized carbons (Fsp3) is 0.458. The van der Waals surface area contributed by atoms with Gasteiger partial charge >= 0.3 is 0 Å². The average Bonchev–Trinajstić information content (AvgIpc) is 3.31. The second kappa shape index (κ2) is 7.64. The third kappa shape index (κ3) is 3.67. The van der Waals surface area contributed by atoms with Crippen LogP contribution in [0, 0.1) is 32.6 Å². The van der Waals surface area contributed by atoms with E-state index < -0.39 is 6.10 Å². The second-order valence-electron chi connectivity index (χ2n) is 9.00. The van der Waals surface area contributed by atoms with Crippen LogP contribution < -0.4 is 4.74 Å². The molecule has 0 bridgehead atoms. The first-order chi connectivity index (χ1) is 14.9. The molecule has 0 aromatic carbocycles. The van der Waals surface area contributed by atoms with E-state index in [1.807, 2.05) is 66.7 Å². The normalized spacial score (nSPS) is 25.6. The van der Waals surface area contributed by atoms with E-state index in [2.05, 4.69) is 9.97 Å². The molecule has 0 radical (unpaired) electrons. The number of carbonyl (C=O) groups excluding carboxylic acids is 1. The monoisotopic (exact) mass is 420 g/mol. The highest BCUT2D eigenvalue weighted by Crippen LogP contribution is 2.39. The lowest BCUT2D eigenvalue weighted by atomic mass is 9.78. The van der Waals surface area contributed by atoms with Crippen molar-refractivity contribution in [3.8, 4) is 5.75 Å². The summed E-state index contributed by atoms with van der Waals surface area (Å²) in [7, 11) is 0. The van der Waals surface area contributed by atoms with Crippen LogP contribution in [0.25, 0.3) is 5.65 Å². The van der Waals surface area contributed by atoms with Crippen molar-refractivity contribution in [3.63, 3.8) is 0 Å². The Morgan fingerprint density at radius 1 is 1.06 bits per heavy atom. The Morgan fingerprint density at radius 2 is 1.84 bits per heavy atom. The van der Waals surface area contributed by atoms with Gasteiger partial charge in [-0.3, -0.25) is 9.78 Å². The van der Waals surface area contributed by atoms with Gasteiger partial charge in [-0.2, -0.15) is 0 Å². The van der Waals surface area contributed by atoms with Crippen molar-refractivity contribution in [2.24, 2.45) is 11.8 Å². The maximum Gasteiger partial charge on any atom is 0.257 e. The fourth-order valence-electron chi connectivity index (χ4n) is 5.12. The zero-order valence-corrected chi connectivity index (χ0v) is 18.2. The molecule has 1 saturated carbocycles. The van der Waals surface area contributed by atoms with E-state index >= 15 is 0 Å². The summed E-state index contributed by atoms with van der Waals surface area (Å²) in [4.78, 5) is 24.2. The third-order valence-corrected chi connectivity index (χ3v) is 6.66. The number of pyridine rings is 2. The Bertz CT molecular complexity index is 1140. The fourth-order valence-corrected chi connectivity index (χ4v) is 5.12. The van der Waals surface area contributed by atoms with Gasteiger partial charge in [0.05, 0.1) is 23.1 Å². The predicted octanol–water partition coefficient (Wildman–Crippen LogP) is 2.95. The van der Waals surface area contributed by atoms with Crippen LogP contribution in [0.2, 0.25) is 0 Å². The van der Waals surface area contributed by atoms with Crippen molar-refractivity contribution in [1.29, 1.82) is 0 Å². The van der Waals surface area contributed by atoms with Crippen molar-refractivity contribution in [2.75, 3.05) is 13.1 Å². The standard InChI is InChI=1S/C24H28N4O3/c1-14-6-7-21(16(3)25-14)31-22-10-18-13-28(12-17(18)9-20(22)29)24(30)19-5-4-8-27-11-15(2)26-23(19)27/h4-8,11,17-18,20,22,29H,9-10,12-13H2,1-3H3/t17-,18+,20+,22+/m0/s1. The van der Waals surface area contributed by atoms with Crippen molar-refractivity contribution < 1.29 is 14.6 Å². The SMILES string of the molecule is Cc1ccc(O[C@@H]2C[C@@H]3CN(C(=O)c4cccn5cc(C)nc45)C[C@@H]3C[C@H]2O)c(C)n1. The van der Waals surface area contributed by atoms with Crippen molar-refractivity contribution >= 4 is 11.6 Å². The molecule has 3 aromatic rings. The van der Waals surface area contributed by atoms with Crippen LogP contribution in [0.5, 0.6) is 5.75 Å². The highest BCUT2D eigenvalue weighted by atomic mass is 16.5. The molecule has 3 aromatic heterocycles. The Morgan fingerprint density at radius 3 is 2.61 bits per heavy atom. The molecule has 7 nitrogen and oxygen atoms in total. The number of fused-ring (bicyclic) bond motifs is 2. The summed E-state index contributed by atoms with van der Waals surface area (Å²) in [6, 6.07) is 7.58. The Kier molecular flexibility index (Phi) is 4.93. The average molecular weight is 421 g/mol. The summed E-state index contributed by atoms with van der Waals surface area (Å²) in [5.41, 5.74) is 3.99. The Labute approximate surface area is 181 Å². The van der Waals surface area contributed by atoms with Crippen LogP contribution in [0.1, 0.15) is 40.3 Å². The van der Waals surface area contributed by atoms with Gasteiger partial charge in [0.1, 0.15) is 17.5 Å². The molecule has 162 valence electrons. The van der Waals surface area contributed by atoms with Crippen LogP contribution in [-0.4, -0.2) is 55.6 Å². The van der Waals surface area contributed by atoms with Crippen LogP contribution in [0.3, 0.4) is 0 Å². The van der Waals surface area contributed by atoms with Crippen molar-refractivity contribution in [3.05, 3.63) is 59.3 Å². The highest BCUT2D eigenvalue weighted by Gasteiger charge is 2.44. The van der Waals surface area contributed by atoms with Gasteiger partial charge in [0.25, 0.3) is 5.91 Å². The minimum absolute atomic E-state index is 0.0103. The molecule has 31 heavy (non-hydrogen) atoms. The molecule has 1 amide bonds. The number of likely N-dealkylation sites (tertiary alicyclic amines) is 1. The van der Waals surface area contributed by atoms with E-state index in [9.17, 15) is 9.90 Å². The second-order valence-corrected chi connectivity index (χ2v) is 9.00. The predicted molar refractivity (Wildman–Crippen MR) is 116 cm³/mol. The van der Waals surface area contributed by atoms with E-state index in [0.717, 1.165) is 29.3 Å². The van der Waals surface area contributed by atoms with Gasteiger partial charge in [0, 0.05) is 31.2 Å². The number of nitrogens with zero attached hydrogens (tertiary/aromatic N) is 4. The number of hydrogen-bond acceptors (Lipinski definition) is 5. The molecule has 0 unspecified atom stereocenters. The molecule has 1 aliphatic carbocycles. The maximum atomic E-state index is 13.3. The molecule has 1 saturated heterocycles. The topological polar surface area (TPSA) is 80.0 Å². The number of aryl methyl sites for hydroxylation is 3. The zero-order valence-electron chi connectivity index (χ0n) is 18.2. The van der Waals surface area contributed by atoms with E-state index in [4.69, 9.17) is 4.74 Å². The number of aliphatic hydroxyl groups is 1. The number of aromatic nitrogens is 3. The third-order valence-electron chi connectivity index (χ3n) is 6.66. The van der Waals surface area contributed by atoms with E-state index in [0.29, 0.717) is 36.6 Å². The summed E-state index contributed by atoms with van der Waals surface area (Å²) in [6.07, 6.45) is 4.39. The van der Waals surface area contributed by atoms with Crippen LogP contribution in [0.4, 0.5) is 0 Å². The van der Waals surface area contributed by atoms with Gasteiger partial charge in [-0.15, -0.1) is 0 Å². The lowest BCUT2D eigenvalue weighted by Crippen LogP contribution is -2.42. The summed E-state index contributed by atoms with van der Waals surface area (Å²) in [5.74, 6) is 1.34. The van der Waals surface area contributed by atoms with Crippen molar-refractivity contribution in [1.82, 2.24) is 19.3 Å². The molecule has 7 heteroatoms. The number of carbonyl (C=O) groups is 1. The van der Waals surface area contributed by atoms with Gasteiger partial charge in [-0.05, 0) is 69.7 Å². The summed E-state index contributed by atoms with van der Waals surface area (Å²) in [5, 5.41) is 10.7. The Hall–Kier alpha value is -2.93. The molecule has 4 atom stereocenters. The molecular formula is C24H28N4O3. The summed E-state index contributed by atoms with van der Waals surface area (Å²) < 4.78 is 8.07. The van der Waals surface area contributed by atoms with Gasteiger partial charge < -0.3 is 19.1 Å². The van der Waals surface area contributed by atoms with Gasteiger partial charge in [0.15, 0.2) is 0 Å². The van der Waals surface area contributed by atoms with Crippen molar-refractivity contribution in [2.45, 2.75) is 45.8 Å². The maximum absolute atomic E-state index is 13.3. The smallest absolute Gasteiger partial charge is 0.257 e.